The number of amides is 1. The van der Waals surface area contributed by atoms with Crippen molar-refractivity contribution in [1.29, 1.82) is 0 Å². The van der Waals surface area contributed by atoms with Crippen LogP contribution < -0.4 is 15.4 Å². The summed E-state index contributed by atoms with van der Waals surface area (Å²) in [4.78, 5) is 12.6. The first kappa shape index (κ1) is 20.2. The van der Waals surface area contributed by atoms with Crippen molar-refractivity contribution in [3.8, 4) is 5.75 Å². The standard InChI is InChI=1S/C20H23ClN2O2S/c1-3-4-7-13-25-18-12-6-5-9-15(18)19(24)23-20(26)22-17-11-8-10-16(21)14(17)2/h5-6,8-12H,3-4,7,13H2,1-2H3,(H2,22,23,24,26). The van der Waals surface area contributed by atoms with E-state index in [2.05, 4.69) is 17.6 Å². The molecule has 2 aromatic rings. The second-order valence-corrected chi connectivity index (χ2v) is 6.69. The number of rotatable bonds is 7. The number of carbonyl (C=O) groups excluding carboxylic acids is 1. The molecule has 2 aromatic carbocycles. The van der Waals surface area contributed by atoms with Crippen molar-refractivity contribution in [1.82, 2.24) is 5.32 Å². The molecule has 0 radical (unpaired) electrons. The van der Waals surface area contributed by atoms with Crippen LogP contribution in [0.3, 0.4) is 0 Å². The van der Waals surface area contributed by atoms with Gasteiger partial charge in [-0.3, -0.25) is 10.1 Å². The molecule has 0 aliphatic rings. The third-order valence-corrected chi connectivity index (χ3v) is 4.49. The number of benzene rings is 2. The summed E-state index contributed by atoms with van der Waals surface area (Å²) in [5.41, 5.74) is 2.08. The van der Waals surface area contributed by atoms with E-state index >= 15 is 0 Å². The van der Waals surface area contributed by atoms with E-state index in [1.165, 1.54) is 0 Å². The molecule has 2 rings (SSSR count). The van der Waals surface area contributed by atoms with Gasteiger partial charge in [-0.1, -0.05) is 49.6 Å². The smallest absolute Gasteiger partial charge is 0.261 e. The summed E-state index contributed by atoms with van der Waals surface area (Å²) in [6.45, 7) is 4.61. The number of carbonyl (C=O) groups is 1. The van der Waals surface area contributed by atoms with E-state index < -0.39 is 0 Å². The molecule has 0 saturated carbocycles. The molecule has 0 saturated heterocycles. The van der Waals surface area contributed by atoms with Gasteiger partial charge in [-0.15, -0.1) is 0 Å². The first-order valence-corrected chi connectivity index (χ1v) is 9.40. The van der Waals surface area contributed by atoms with Crippen molar-refractivity contribution in [3.63, 3.8) is 0 Å². The lowest BCUT2D eigenvalue weighted by Gasteiger charge is -2.14. The summed E-state index contributed by atoms with van der Waals surface area (Å²) in [6, 6.07) is 12.6. The highest BCUT2D eigenvalue weighted by molar-refractivity contribution is 7.80. The largest absolute Gasteiger partial charge is 0.493 e. The van der Waals surface area contributed by atoms with E-state index in [4.69, 9.17) is 28.6 Å². The molecule has 0 aliphatic heterocycles. The van der Waals surface area contributed by atoms with Gasteiger partial charge >= 0.3 is 0 Å². The summed E-state index contributed by atoms with van der Waals surface area (Å²) in [5, 5.41) is 6.54. The minimum absolute atomic E-state index is 0.209. The van der Waals surface area contributed by atoms with Crippen LogP contribution in [0.15, 0.2) is 42.5 Å². The van der Waals surface area contributed by atoms with Crippen molar-refractivity contribution < 1.29 is 9.53 Å². The fourth-order valence-corrected chi connectivity index (χ4v) is 2.76. The lowest BCUT2D eigenvalue weighted by Crippen LogP contribution is -2.34. The van der Waals surface area contributed by atoms with Gasteiger partial charge in [0.1, 0.15) is 5.75 Å². The average Bonchev–Trinajstić information content (AvgIpc) is 2.63. The number of ether oxygens (including phenoxy) is 1. The maximum Gasteiger partial charge on any atom is 0.261 e. The highest BCUT2D eigenvalue weighted by Gasteiger charge is 2.14. The van der Waals surface area contributed by atoms with E-state index in [0.29, 0.717) is 22.9 Å². The molecular weight excluding hydrogens is 368 g/mol. The number of halogens is 1. The Labute approximate surface area is 164 Å². The molecule has 1 amide bonds. The topological polar surface area (TPSA) is 50.4 Å². The maximum atomic E-state index is 12.6. The predicted molar refractivity (Wildman–Crippen MR) is 111 cm³/mol. The van der Waals surface area contributed by atoms with Crippen LogP contribution in [0.5, 0.6) is 5.75 Å². The van der Waals surface area contributed by atoms with Crippen LogP contribution in [-0.2, 0) is 0 Å². The van der Waals surface area contributed by atoms with Crippen molar-refractivity contribution in [2.45, 2.75) is 33.1 Å². The second-order valence-electron chi connectivity index (χ2n) is 5.87. The third kappa shape index (κ3) is 5.71. The van der Waals surface area contributed by atoms with Crippen molar-refractivity contribution >= 4 is 40.5 Å². The van der Waals surface area contributed by atoms with Crippen LogP contribution >= 0.6 is 23.8 Å². The van der Waals surface area contributed by atoms with E-state index in [-0.39, 0.29) is 11.0 Å². The summed E-state index contributed by atoms with van der Waals surface area (Å²) in [6.07, 6.45) is 3.18. The zero-order valence-electron chi connectivity index (χ0n) is 15.0. The highest BCUT2D eigenvalue weighted by atomic mass is 35.5. The molecule has 0 spiro atoms. The predicted octanol–water partition coefficient (Wildman–Crippen LogP) is 5.34. The molecule has 4 nitrogen and oxygen atoms in total. The van der Waals surface area contributed by atoms with Gasteiger partial charge in [0.2, 0.25) is 0 Å². The van der Waals surface area contributed by atoms with Gasteiger partial charge < -0.3 is 10.1 Å². The van der Waals surface area contributed by atoms with Gasteiger partial charge in [-0.25, -0.2) is 0 Å². The van der Waals surface area contributed by atoms with Gasteiger partial charge in [0.25, 0.3) is 5.91 Å². The quantitative estimate of drug-likeness (QED) is 0.494. The molecule has 6 heteroatoms. The number of hydrogen-bond acceptors (Lipinski definition) is 3. The van der Waals surface area contributed by atoms with Crippen LogP contribution in [0.4, 0.5) is 5.69 Å². The normalized spacial score (nSPS) is 10.3. The minimum Gasteiger partial charge on any atom is -0.493 e. The zero-order valence-corrected chi connectivity index (χ0v) is 16.5. The zero-order chi connectivity index (χ0) is 18.9. The van der Waals surface area contributed by atoms with Crippen molar-refractivity contribution in [3.05, 3.63) is 58.6 Å². The van der Waals surface area contributed by atoms with Crippen molar-refractivity contribution in [2.24, 2.45) is 0 Å². The summed E-state index contributed by atoms with van der Waals surface area (Å²) < 4.78 is 5.75. The molecule has 0 unspecified atom stereocenters. The molecule has 2 N–H and O–H groups in total. The van der Waals surface area contributed by atoms with Gasteiger partial charge in [0, 0.05) is 10.7 Å². The minimum atomic E-state index is -0.312. The van der Waals surface area contributed by atoms with Gasteiger partial charge in [-0.05, 0) is 55.4 Å². The molecule has 138 valence electrons. The lowest BCUT2D eigenvalue weighted by molar-refractivity contribution is 0.0973. The Morgan fingerprint density at radius 3 is 2.69 bits per heavy atom. The molecule has 0 aliphatic carbocycles. The number of nitrogens with one attached hydrogen (secondary N) is 2. The Kier molecular flexibility index (Phi) is 7.88. The monoisotopic (exact) mass is 390 g/mol. The summed E-state index contributed by atoms with van der Waals surface area (Å²) in [7, 11) is 0. The van der Waals surface area contributed by atoms with Gasteiger partial charge in [-0.2, -0.15) is 0 Å². The fourth-order valence-electron chi connectivity index (χ4n) is 2.38. The van der Waals surface area contributed by atoms with E-state index in [9.17, 15) is 4.79 Å². The molecule has 26 heavy (non-hydrogen) atoms. The fraction of sp³-hybridized carbons (Fsp3) is 0.300. The van der Waals surface area contributed by atoms with Crippen LogP contribution in [0.1, 0.15) is 42.1 Å². The summed E-state index contributed by atoms with van der Waals surface area (Å²) in [5.74, 6) is 0.246. The van der Waals surface area contributed by atoms with Gasteiger partial charge in [0.05, 0.1) is 12.2 Å². The third-order valence-electron chi connectivity index (χ3n) is 3.88. The molecular formula is C20H23ClN2O2S. The first-order valence-electron chi connectivity index (χ1n) is 8.62. The Morgan fingerprint density at radius 1 is 1.15 bits per heavy atom. The summed E-state index contributed by atoms with van der Waals surface area (Å²) >= 11 is 11.4. The van der Waals surface area contributed by atoms with Gasteiger partial charge in [0.15, 0.2) is 5.11 Å². The van der Waals surface area contributed by atoms with E-state index in [1.807, 2.05) is 25.1 Å². The molecule has 0 fully saturated rings. The Hall–Kier alpha value is -2.11. The van der Waals surface area contributed by atoms with Crippen LogP contribution in [-0.4, -0.2) is 17.6 Å². The SMILES string of the molecule is CCCCCOc1ccccc1C(=O)NC(=S)Nc1cccc(Cl)c1C. The number of anilines is 1. The molecule has 0 atom stereocenters. The second kappa shape index (κ2) is 10.1. The van der Waals surface area contributed by atoms with E-state index in [0.717, 1.165) is 30.5 Å². The first-order chi connectivity index (χ1) is 12.5. The molecule has 0 heterocycles. The number of hydrogen-bond donors (Lipinski definition) is 2. The molecule has 0 aromatic heterocycles. The molecule has 0 bridgehead atoms. The van der Waals surface area contributed by atoms with E-state index in [1.54, 1.807) is 24.3 Å². The Morgan fingerprint density at radius 2 is 1.92 bits per heavy atom. The van der Waals surface area contributed by atoms with Crippen LogP contribution in [0, 0.1) is 6.92 Å². The van der Waals surface area contributed by atoms with Crippen molar-refractivity contribution in [2.75, 3.05) is 11.9 Å². The Balaban J connectivity index is 2.00. The van der Waals surface area contributed by atoms with Crippen LogP contribution in [0.25, 0.3) is 0 Å². The number of para-hydroxylation sites is 1. The maximum absolute atomic E-state index is 12.6. The number of unbranched alkanes of at least 4 members (excludes halogenated alkanes) is 2. The average molecular weight is 391 g/mol. The lowest BCUT2D eigenvalue weighted by atomic mass is 10.2. The highest BCUT2D eigenvalue weighted by Crippen LogP contribution is 2.23. The van der Waals surface area contributed by atoms with Crippen LogP contribution in [0.2, 0.25) is 5.02 Å². The number of thiocarbonyl (C=S) groups is 1. The Bertz CT molecular complexity index is 780.